The van der Waals surface area contributed by atoms with Crippen molar-refractivity contribution >= 4 is 29.9 Å². The molecule has 0 bridgehead atoms. The number of rotatable bonds is 10. The first kappa shape index (κ1) is 19.0. The van der Waals surface area contributed by atoms with E-state index in [1.165, 1.54) is 32.1 Å². The first-order valence-corrected chi connectivity index (χ1v) is 7.55. The number of aliphatic imine (C=N–C) groups is 1. The summed E-state index contributed by atoms with van der Waals surface area (Å²) >= 11 is 0. The molecule has 0 saturated heterocycles. The highest BCUT2D eigenvalue weighted by atomic mass is 127. The summed E-state index contributed by atoms with van der Waals surface area (Å²) in [6, 6.07) is 0.837. The quantitative estimate of drug-likeness (QED) is 0.264. The zero-order chi connectivity index (χ0) is 13.2. The molecule has 0 amide bonds. The zero-order valence-corrected chi connectivity index (χ0v) is 14.9. The summed E-state index contributed by atoms with van der Waals surface area (Å²) in [4.78, 5) is 6.86. The van der Waals surface area contributed by atoms with Crippen LogP contribution in [0.25, 0.3) is 0 Å². The number of hydrogen-bond donors (Lipinski definition) is 2. The van der Waals surface area contributed by atoms with Crippen LogP contribution >= 0.6 is 24.0 Å². The molecule has 114 valence electrons. The van der Waals surface area contributed by atoms with Gasteiger partial charge >= 0.3 is 0 Å². The topological polar surface area (TPSA) is 53.6 Å². The normalized spacial score (nSPS) is 15.4. The molecular formula is C14H31IN4. The molecule has 1 aliphatic carbocycles. The second-order valence-corrected chi connectivity index (χ2v) is 5.11. The molecule has 1 saturated carbocycles. The van der Waals surface area contributed by atoms with Gasteiger partial charge in [-0.05, 0) is 25.8 Å². The van der Waals surface area contributed by atoms with E-state index in [2.05, 4.69) is 29.1 Å². The molecule has 3 N–H and O–H groups in total. The summed E-state index contributed by atoms with van der Waals surface area (Å²) in [5.41, 5.74) is 5.83. The van der Waals surface area contributed by atoms with E-state index in [9.17, 15) is 0 Å². The summed E-state index contributed by atoms with van der Waals surface area (Å²) < 4.78 is 0. The zero-order valence-electron chi connectivity index (χ0n) is 12.5. The van der Waals surface area contributed by atoms with Crippen LogP contribution in [-0.4, -0.2) is 43.1 Å². The molecule has 1 rings (SSSR count). The second kappa shape index (κ2) is 11.8. The van der Waals surface area contributed by atoms with Crippen LogP contribution in [-0.2, 0) is 0 Å². The van der Waals surface area contributed by atoms with Crippen molar-refractivity contribution in [2.75, 3.05) is 26.2 Å². The van der Waals surface area contributed by atoms with Crippen molar-refractivity contribution in [3.05, 3.63) is 0 Å². The van der Waals surface area contributed by atoms with E-state index in [1.807, 2.05) is 0 Å². The van der Waals surface area contributed by atoms with Gasteiger partial charge in [-0.1, -0.05) is 33.1 Å². The van der Waals surface area contributed by atoms with Crippen molar-refractivity contribution in [1.29, 1.82) is 0 Å². The number of nitrogens with two attached hydrogens (primary N) is 1. The summed E-state index contributed by atoms with van der Waals surface area (Å²) in [7, 11) is 0. The van der Waals surface area contributed by atoms with Gasteiger partial charge in [0.25, 0.3) is 0 Å². The number of halogens is 1. The third-order valence-electron chi connectivity index (χ3n) is 3.47. The van der Waals surface area contributed by atoms with Gasteiger partial charge in [-0.15, -0.1) is 24.0 Å². The predicted molar refractivity (Wildman–Crippen MR) is 94.3 cm³/mol. The van der Waals surface area contributed by atoms with E-state index in [0.717, 1.165) is 38.6 Å². The minimum atomic E-state index is 0. The Kier molecular flexibility index (Phi) is 11.7. The molecule has 0 spiro atoms. The van der Waals surface area contributed by atoms with Gasteiger partial charge in [-0.25, -0.2) is 0 Å². The van der Waals surface area contributed by atoms with Crippen molar-refractivity contribution in [3.63, 3.8) is 0 Å². The third-order valence-corrected chi connectivity index (χ3v) is 3.47. The van der Waals surface area contributed by atoms with E-state index in [-0.39, 0.29) is 24.0 Å². The lowest BCUT2D eigenvalue weighted by molar-refractivity contribution is 0.282. The number of guanidine groups is 1. The van der Waals surface area contributed by atoms with E-state index < -0.39 is 0 Å². The van der Waals surface area contributed by atoms with Crippen LogP contribution in [0.3, 0.4) is 0 Å². The van der Waals surface area contributed by atoms with Gasteiger partial charge < -0.3 is 11.1 Å². The maximum absolute atomic E-state index is 5.83. The summed E-state index contributed by atoms with van der Waals surface area (Å²) in [5, 5.41) is 3.21. The Hall–Kier alpha value is -0.0400. The van der Waals surface area contributed by atoms with Gasteiger partial charge in [-0.2, -0.15) is 0 Å². The molecule has 0 heterocycles. The molecule has 5 heteroatoms. The number of likely N-dealkylation sites (N-methyl/N-ethyl adjacent to an activating group) is 1. The van der Waals surface area contributed by atoms with Crippen molar-refractivity contribution in [2.45, 2.75) is 58.4 Å². The Bertz CT molecular complexity index is 242. The SMILES string of the molecule is CCCCCCN=C(N)NCCN(CC)C1CC1.I. The maximum atomic E-state index is 5.83. The summed E-state index contributed by atoms with van der Waals surface area (Å²) in [6.07, 6.45) is 7.72. The molecule has 19 heavy (non-hydrogen) atoms. The van der Waals surface area contributed by atoms with Gasteiger partial charge in [0.05, 0.1) is 0 Å². The van der Waals surface area contributed by atoms with Crippen molar-refractivity contribution < 1.29 is 0 Å². The fraction of sp³-hybridized carbons (Fsp3) is 0.929. The van der Waals surface area contributed by atoms with E-state index in [0.29, 0.717) is 5.96 Å². The van der Waals surface area contributed by atoms with Gasteiger partial charge in [-0.3, -0.25) is 9.89 Å². The first-order valence-electron chi connectivity index (χ1n) is 7.55. The molecule has 1 aliphatic rings. The van der Waals surface area contributed by atoms with Crippen LogP contribution in [0, 0.1) is 0 Å². The Balaban J connectivity index is 0.00000324. The van der Waals surface area contributed by atoms with Crippen LogP contribution in [0.4, 0.5) is 0 Å². The minimum Gasteiger partial charge on any atom is -0.370 e. The van der Waals surface area contributed by atoms with Crippen LogP contribution in [0.15, 0.2) is 4.99 Å². The predicted octanol–water partition coefficient (Wildman–Crippen LogP) is 2.57. The Labute approximate surface area is 135 Å². The van der Waals surface area contributed by atoms with Crippen LogP contribution in [0.2, 0.25) is 0 Å². The fourth-order valence-corrected chi connectivity index (χ4v) is 2.16. The maximum Gasteiger partial charge on any atom is 0.188 e. The lowest BCUT2D eigenvalue weighted by Gasteiger charge is -2.19. The van der Waals surface area contributed by atoms with E-state index in [1.54, 1.807) is 0 Å². The molecular weight excluding hydrogens is 351 g/mol. The fourth-order valence-electron chi connectivity index (χ4n) is 2.16. The van der Waals surface area contributed by atoms with Crippen LogP contribution in [0.1, 0.15) is 52.4 Å². The summed E-state index contributed by atoms with van der Waals surface area (Å²) in [5.74, 6) is 0.610. The molecule has 0 aromatic carbocycles. The second-order valence-electron chi connectivity index (χ2n) is 5.11. The van der Waals surface area contributed by atoms with Gasteiger partial charge in [0.15, 0.2) is 5.96 Å². The molecule has 0 atom stereocenters. The molecule has 0 aliphatic heterocycles. The third kappa shape index (κ3) is 9.49. The Morgan fingerprint density at radius 2 is 2.00 bits per heavy atom. The Morgan fingerprint density at radius 1 is 1.26 bits per heavy atom. The van der Waals surface area contributed by atoms with E-state index >= 15 is 0 Å². The highest BCUT2D eigenvalue weighted by Gasteiger charge is 2.26. The largest absolute Gasteiger partial charge is 0.370 e. The standard InChI is InChI=1S/C14H30N4.HI/c1-3-5-6-7-10-16-14(15)17-11-12-18(4-2)13-8-9-13;/h13H,3-12H2,1-2H3,(H3,15,16,17);1H. The summed E-state index contributed by atoms with van der Waals surface area (Å²) in [6.45, 7) is 8.43. The molecule has 4 nitrogen and oxygen atoms in total. The molecule has 0 unspecified atom stereocenters. The van der Waals surface area contributed by atoms with Gasteiger partial charge in [0, 0.05) is 25.7 Å². The van der Waals surface area contributed by atoms with Crippen LogP contribution < -0.4 is 11.1 Å². The highest BCUT2D eigenvalue weighted by molar-refractivity contribution is 14.0. The van der Waals surface area contributed by atoms with Crippen molar-refractivity contribution in [3.8, 4) is 0 Å². The lowest BCUT2D eigenvalue weighted by Crippen LogP contribution is -2.39. The molecule has 0 aromatic heterocycles. The lowest BCUT2D eigenvalue weighted by atomic mass is 10.2. The number of hydrogen-bond acceptors (Lipinski definition) is 2. The molecule has 1 fully saturated rings. The molecule has 0 aromatic rings. The number of nitrogens with zero attached hydrogens (tertiary/aromatic N) is 2. The van der Waals surface area contributed by atoms with Gasteiger partial charge in [0.1, 0.15) is 0 Å². The van der Waals surface area contributed by atoms with Crippen molar-refractivity contribution in [1.82, 2.24) is 10.2 Å². The highest BCUT2D eigenvalue weighted by Crippen LogP contribution is 2.25. The smallest absolute Gasteiger partial charge is 0.188 e. The van der Waals surface area contributed by atoms with Crippen molar-refractivity contribution in [2.24, 2.45) is 10.7 Å². The Morgan fingerprint density at radius 3 is 2.58 bits per heavy atom. The van der Waals surface area contributed by atoms with E-state index in [4.69, 9.17) is 5.73 Å². The monoisotopic (exact) mass is 382 g/mol. The van der Waals surface area contributed by atoms with Crippen LogP contribution in [0.5, 0.6) is 0 Å². The molecule has 0 radical (unpaired) electrons. The average Bonchev–Trinajstić information content (AvgIpc) is 3.19. The first-order chi connectivity index (χ1) is 8.77. The number of unbranched alkanes of at least 4 members (excludes halogenated alkanes) is 3. The number of nitrogens with one attached hydrogen (secondary N) is 1. The van der Waals surface area contributed by atoms with Gasteiger partial charge in [0.2, 0.25) is 0 Å². The average molecular weight is 382 g/mol. The minimum absolute atomic E-state index is 0.